The zero-order chi connectivity index (χ0) is 8.68. The number of rotatable bonds is 0. The van der Waals surface area contributed by atoms with Crippen molar-refractivity contribution in [1.29, 1.82) is 0 Å². The Morgan fingerprint density at radius 2 is 2.00 bits per heavy atom. The lowest BCUT2D eigenvalue weighted by Gasteiger charge is -2.62. The van der Waals surface area contributed by atoms with E-state index in [9.17, 15) is 0 Å². The van der Waals surface area contributed by atoms with Crippen LogP contribution in [0, 0.1) is 28.6 Å². The van der Waals surface area contributed by atoms with Crippen molar-refractivity contribution < 1.29 is 0 Å². The molecule has 4 fully saturated rings. The third-order valence-electron chi connectivity index (χ3n) is 6.12. The van der Waals surface area contributed by atoms with Crippen LogP contribution < -0.4 is 0 Å². The summed E-state index contributed by atoms with van der Waals surface area (Å²) >= 11 is 0. The van der Waals surface area contributed by atoms with Crippen molar-refractivity contribution in [3.05, 3.63) is 0 Å². The summed E-state index contributed by atoms with van der Waals surface area (Å²) in [5, 5.41) is 0. The Morgan fingerprint density at radius 3 is 2.92 bits per heavy atom. The van der Waals surface area contributed by atoms with Crippen LogP contribution in [-0.2, 0) is 0 Å². The predicted octanol–water partition coefficient (Wildman–Crippen LogP) is 3.61. The molecule has 4 unspecified atom stereocenters. The molecular weight excluding hydrogens is 156 g/mol. The van der Waals surface area contributed by atoms with Gasteiger partial charge in [0.15, 0.2) is 0 Å². The van der Waals surface area contributed by atoms with Crippen LogP contribution in [0.1, 0.15) is 51.9 Å². The fourth-order valence-corrected chi connectivity index (χ4v) is 5.87. The van der Waals surface area contributed by atoms with E-state index < -0.39 is 0 Å². The molecule has 0 heterocycles. The quantitative estimate of drug-likeness (QED) is 0.529. The Morgan fingerprint density at radius 1 is 1.08 bits per heavy atom. The molecule has 0 N–H and O–H groups in total. The molecule has 0 aliphatic heterocycles. The molecule has 4 aliphatic carbocycles. The SMILES string of the molecule is C[C@@]12CCC3CC4CC(CC34C1)C2. The van der Waals surface area contributed by atoms with E-state index in [-0.39, 0.29) is 0 Å². The first kappa shape index (κ1) is 7.31. The van der Waals surface area contributed by atoms with Gasteiger partial charge in [0.05, 0.1) is 0 Å². The standard InChI is InChI=1S/C13H20/c1-12-3-2-10-5-11-4-9(6-12)7-13(10,11)8-12/h9-11H,2-8H2,1H3/t9?,10?,11?,12-,13?/m0/s1. The maximum atomic E-state index is 2.58. The van der Waals surface area contributed by atoms with E-state index in [0.29, 0.717) is 0 Å². The minimum atomic E-state index is 0.786. The third-order valence-corrected chi connectivity index (χ3v) is 6.12. The second-order valence-corrected chi connectivity index (χ2v) is 6.90. The van der Waals surface area contributed by atoms with Crippen molar-refractivity contribution in [2.24, 2.45) is 28.6 Å². The van der Waals surface area contributed by atoms with Gasteiger partial charge in [0.2, 0.25) is 0 Å². The Balaban J connectivity index is 1.83. The summed E-state index contributed by atoms with van der Waals surface area (Å²) in [5.74, 6) is 3.51. The van der Waals surface area contributed by atoms with Gasteiger partial charge in [-0.05, 0) is 73.5 Å². The van der Waals surface area contributed by atoms with Crippen LogP contribution in [0.25, 0.3) is 0 Å². The molecular formula is C13H20. The number of hydrogen-bond acceptors (Lipinski definition) is 0. The largest absolute Gasteiger partial charge is 0.0596 e. The molecule has 13 heavy (non-hydrogen) atoms. The lowest BCUT2D eigenvalue weighted by Crippen LogP contribution is -2.53. The lowest BCUT2D eigenvalue weighted by molar-refractivity contribution is -0.122. The van der Waals surface area contributed by atoms with Crippen LogP contribution >= 0.6 is 0 Å². The van der Waals surface area contributed by atoms with Gasteiger partial charge in [-0.25, -0.2) is 0 Å². The smallest absolute Gasteiger partial charge is 0.0233 e. The maximum Gasteiger partial charge on any atom is -0.0233 e. The van der Waals surface area contributed by atoms with Gasteiger partial charge in [-0.15, -0.1) is 0 Å². The van der Waals surface area contributed by atoms with E-state index in [1.807, 2.05) is 0 Å². The van der Waals surface area contributed by atoms with Crippen molar-refractivity contribution in [2.45, 2.75) is 51.9 Å². The molecule has 0 aromatic rings. The fraction of sp³-hybridized carbons (Fsp3) is 1.00. The monoisotopic (exact) mass is 176 g/mol. The average molecular weight is 176 g/mol. The molecule has 0 heteroatoms. The maximum absolute atomic E-state index is 2.58. The fourth-order valence-electron chi connectivity index (χ4n) is 5.87. The summed E-state index contributed by atoms with van der Waals surface area (Å²) in [4.78, 5) is 0. The molecule has 4 saturated carbocycles. The molecule has 4 rings (SSSR count). The van der Waals surface area contributed by atoms with Gasteiger partial charge < -0.3 is 0 Å². The van der Waals surface area contributed by atoms with Crippen LogP contribution in [0.15, 0.2) is 0 Å². The normalized spacial score (nSPS) is 67.6. The summed E-state index contributed by atoms with van der Waals surface area (Å²) in [6.07, 6.45) is 11.2. The zero-order valence-electron chi connectivity index (χ0n) is 8.68. The summed E-state index contributed by atoms with van der Waals surface area (Å²) in [7, 11) is 0. The molecule has 1 spiro atoms. The lowest BCUT2D eigenvalue weighted by atomic mass is 9.43. The summed E-state index contributed by atoms with van der Waals surface area (Å²) in [6.45, 7) is 2.58. The molecule has 5 atom stereocenters. The topological polar surface area (TPSA) is 0 Å². The molecule has 4 aliphatic rings. The molecule has 0 aromatic heterocycles. The van der Waals surface area contributed by atoms with E-state index in [0.717, 1.165) is 16.7 Å². The highest BCUT2D eigenvalue weighted by Crippen LogP contribution is 2.75. The highest BCUT2D eigenvalue weighted by molar-refractivity contribution is 5.15. The first-order chi connectivity index (χ1) is 6.20. The molecule has 0 amide bonds. The van der Waals surface area contributed by atoms with Crippen molar-refractivity contribution in [3.8, 4) is 0 Å². The third kappa shape index (κ3) is 0.680. The Bertz CT molecular complexity index is 261. The van der Waals surface area contributed by atoms with Crippen molar-refractivity contribution in [1.82, 2.24) is 0 Å². The summed E-state index contributed by atoms with van der Waals surface area (Å²) in [5.41, 5.74) is 1.70. The molecule has 0 saturated heterocycles. The molecule has 0 nitrogen and oxygen atoms in total. The molecule has 0 radical (unpaired) electrons. The predicted molar refractivity (Wildman–Crippen MR) is 53.3 cm³/mol. The van der Waals surface area contributed by atoms with Crippen LogP contribution in [0.4, 0.5) is 0 Å². The molecule has 72 valence electrons. The van der Waals surface area contributed by atoms with Gasteiger partial charge in [0.1, 0.15) is 0 Å². The van der Waals surface area contributed by atoms with Crippen LogP contribution in [0.3, 0.4) is 0 Å². The number of hydrogen-bond donors (Lipinski definition) is 0. The van der Waals surface area contributed by atoms with Gasteiger partial charge in [-0.2, -0.15) is 0 Å². The van der Waals surface area contributed by atoms with Crippen LogP contribution in [0.2, 0.25) is 0 Å². The minimum absolute atomic E-state index is 0.786. The summed E-state index contributed by atoms with van der Waals surface area (Å²) < 4.78 is 0. The Labute approximate surface area is 81.1 Å². The highest BCUT2D eigenvalue weighted by atomic mass is 14.7. The van der Waals surface area contributed by atoms with Crippen LogP contribution in [-0.4, -0.2) is 0 Å². The molecule has 0 aromatic carbocycles. The second-order valence-electron chi connectivity index (χ2n) is 6.90. The average Bonchev–Trinajstić information content (AvgIpc) is 2.29. The zero-order valence-corrected chi connectivity index (χ0v) is 8.68. The van der Waals surface area contributed by atoms with E-state index in [1.165, 1.54) is 11.8 Å². The second kappa shape index (κ2) is 1.85. The first-order valence-corrected chi connectivity index (χ1v) is 6.20. The van der Waals surface area contributed by atoms with E-state index >= 15 is 0 Å². The van der Waals surface area contributed by atoms with Gasteiger partial charge in [0, 0.05) is 0 Å². The Kier molecular flexibility index (Phi) is 1.04. The highest BCUT2D eigenvalue weighted by Gasteiger charge is 2.66. The molecule has 3 bridgehead atoms. The van der Waals surface area contributed by atoms with E-state index in [4.69, 9.17) is 0 Å². The Hall–Kier alpha value is 0. The van der Waals surface area contributed by atoms with E-state index in [1.54, 1.807) is 44.9 Å². The minimum Gasteiger partial charge on any atom is -0.0596 e. The first-order valence-electron chi connectivity index (χ1n) is 6.20. The van der Waals surface area contributed by atoms with Crippen molar-refractivity contribution >= 4 is 0 Å². The summed E-state index contributed by atoms with van der Waals surface area (Å²) in [6, 6.07) is 0. The van der Waals surface area contributed by atoms with Gasteiger partial charge in [-0.3, -0.25) is 0 Å². The number of fused-ring (bicyclic) bond motifs is 2. The van der Waals surface area contributed by atoms with Gasteiger partial charge in [-0.1, -0.05) is 6.92 Å². The van der Waals surface area contributed by atoms with Crippen molar-refractivity contribution in [2.75, 3.05) is 0 Å². The van der Waals surface area contributed by atoms with Crippen LogP contribution in [0.5, 0.6) is 0 Å². The van der Waals surface area contributed by atoms with Gasteiger partial charge >= 0.3 is 0 Å². The van der Waals surface area contributed by atoms with Crippen molar-refractivity contribution in [3.63, 3.8) is 0 Å². The van der Waals surface area contributed by atoms with E-state index in [2.05, 4.69) is 6.92 Å². The van der Waals surface area contributed by atoms with Gasteiger partial charge in [0.25, 0.3) is 0 Å².